The SMILES string of the molecule is C=Cc1cc(C)c(C)nc1C. The van der Waals surface area contributed by atoms with Crippen molar-refractivity contribution in [3.8, 4) is 0 Å². The van der Waals surface area contributed by atoms with Crippen molar-refractivity contribution in [2.24, 2.45) is 0 Å². The molecular weight excluding hydrogens is 134 g/mol. The number of aryl methyl sites for hydroxylation is 3. The van der Waals surface area contributed by atoms with Gasteiger partial charge in [-0.2, -0.15) is 0 Å². The van der Waals surface area contributed by atoms with Crippen molar-refractivity contribution >= 4 is 6.08 Å². The third kappa shape index (κ3) is 1.48. The molecule has 1 aromatic heterocycles. The van der Waals surface area contributed by atoms with Gasteiger partial charge in [0.25, 0.3) is 0 Å². The van der Waals surface area contributed by atoms with Crippen LogP contribution in [0.1, 0.15) is 22.5 Å². The molecule has 11 heavy (non-hydrogen) atoms. The topological polar surface area (TPSA) is 12.9 Å². The highest BCUT2D eigenvalue weighted by atomic mass is 14.7. The summed E-state index contributed by atoms with van der Waals surface area (Å²) in [4.78, 5) is 4.37. The molecule has 1 heteroatoms. The molecule has 0 aromatic carbocycles. The first kappa shape index (κ1) is 7.99. The van der Waals surface area contributed by atoms with Gasteiger partial charge < -0.3 is 0 Å². The lowest BCUT2D eigenvalue weighted by Gasteiger charge is -2.03. The van der Waals surface area contributed by atoms with Crippen LogP contribution in [0.2, 0.25) is 0 Å². The Bertz CT molecular complexity index is 287. The molecule has 0 aliphatic heterocycles. The maximum atomic E-state index is 4.37. The van der Waals surface area contributed by atoms with Gasteiger partial charge >= 0.3 is 0 Å². The van der Waals surface area contributed by atoms with Gasteiger partial charge in [0.05, 0.1) is 0 Å². The van der Waals surface area contributed by atoms with Crippen LogP contribution in [-0.4, -0.2) is 4.98 Å². The summed E-state index contributed by atoms with van der Waals surface area (Å²) in [5.74, 6) is 0. The molecule has 1 rings (SSSR count). The Morgan fingerprint density at radius 3 is 2.45 bits per heavy atom. The van der Waals surface area contributed by atoms with Gasteiger partial charge in [0, 0.05) is 11.4 Å². The molecule has 0 amide bonds. The quantitative estimate of drug-likeness (QED) is 0.595. The van der Waals surface area contributed by atoms with Crippen molar-refractivity contribution in [2.45, 2.75) is 20.8 Å². The number of nitrogens with zero attached hydrogens (tertiary/aromatic N) is 1. The lowest BCUT2D eigenvalue weighted by atomic mass is 10.1. The lowest BCUT2D eigenvalue weighted by molar-refractivity contribution is 1.08. The van der Waals surface area contributed by atoms with Gasteiger partial charge in [-0.25, -0.2) is 0 Å². The predicted octanol–water partition coefficient (Wildman–Crippen LogP) is 2.65. The summed E-state index contributed by atoms with van der Waals surface area (Å²) in [6.45, 7) is 9.81. The molecule has 0 fully saturated rings. The second kappa shape index (κ2) is 2.87. The number of aromatic nitrogens is 1. The fourth-order valence-electron chi connectivity index (χ4n) is 1.05. The van der Waals surface area contributed by atoms with E-state index in [0.29, 0.717) is 0 Å². The van der Waals surface area contributed by atoms with E-state index in [4.69, 9.17) is 0 Å². The largest absolute Gasteiger partial charge is 0.258 e. The zero-order chi connectivity index (χ0) is 8.43. The fraction of sp³-hybridized carbons (Fsp3) is 0.300. The molecular formula is C10H13N. The number of rotatable bonds is 1. The van der Waals surface area contributed by atoms with Crippen molar-refractivity contribution in [3.63, 3.8) is 0 Å². The van der Waals surface area contributed by atoms with E-state index in [9.17, 15) is 0 Å². The summed E-state index contributed by atoms with van der Waals surface area (Å²) in [6.07, 6.45) is 1.84. The van der Waals surface area contributed by atoms with Crippen molar-refractivity contribution in [1.29, 1.82) is 0 Å². The first-order valence-corrected chi connectivity index (χ1v) is 3.72. The second-order valence-corrected chi connectivity index (χ2v) is 2.77. The zero-order valence-electron chi connectivity index (χ0n) is 7.31. The molecule has 0 aliphatic rings. The maximum absolute atomic E-state index is 4.37. The molecule has 0 N–H and O–H groups in total. The van der Waals surface area contributed by atoms with E-state index in [1.165, 1.54) is 5.56 Å². The molecule has 0 radical (unpaired) electrons. The van der Waals surface area contributed by atoms with Crippen molar-refractivity contribution in [1.82, 2.24) is 4.98 Å². The zero-order valence-corrected chi connectivity index (χ0v) is 7.31. The van der Waals surface area contributed by atoms with Crippen molar-refractivity contribution in [2.75, 3.05) is 0 Å². The van der Waals surface area contributed by atoms with Crippen LogP contribution in [0.5, 0.6) is 0 Å². The molecule has 0 atom stereocenters. The summed E-state index contributed by atoms with van der Waals surface area (Å²) in [5.41, 5.74) is 4.52. The Labute approximate surface area is 67.8 Å². The fourth-order valence-corrected chi connectivity index (χ4v) is 1.05. The van der Waals surface area contributed by atoms with Crippen LogP contribution in [0.25, 0.3) is 6.08 Å². The number of pyridine rings is 1. The lowest BCUT2D eigenvalue weighted by Crippen LogP contribution is -1.92. The Hall–Kier alpha value is -1.11. The van der Waals surface area contributed by atoms with Crippen LogP contribution in [0.3, 0.4) is 0 Å². The standard InChI is InChI=1S/C10H13N/c1-5-10-6-7(2)8(3)11-9(10)4/h5-6H,1H2,2-4H3. The van der Waals surface area contributed by atoms with E-state index in [1.54, 1.807) is 0 Å². The minimum Gasteiger partial charge on any atom is -0.258 e. The molecule has 1 nitrogen and oxygen atoms in total. The average molecular weight is 147 g/mol. The van der Waals surface area contributed by atoms with Gasteiger partial charge in [-0.1, -0.05) is 12.7 Å². The Morgan fingerprint density at radius 2 is 1.91 bits per heavy atom. The Morgan fingerprint density at radius 1 is 1.27 bits per heavy atom. The monoisotopic (exact) mass is 147 g/mol. The molecule has 0 aliphatic carbocycles. The van der Waals surface area contributed by atoms with Gasteiger partial charge in [-0.15, -0.1) is 0 Å². The molecule has 0 spiro atoms. The first-order valence-electron chi connectivity index (χ1n) is 3.72. The molecule has 58 valence electrons. The minimum atomic E-state index is 1.06. The summed E-state index contributed by atoms with van der Waals surface area (Å²) >= 11 is 0. The normalized spacial score (nSPS) is 9.73. The highest BCUT2D eigenvalue weighted by molar-refractivity contribution is 5.51. The second-order valence-electron chi connectivity index (χ2n) is 2.77. The molecule has 1 aromatic rings. The van der Waals surface area contributed by atoms with E-state index in [2.05, 4.69) is 24.6 Å². The van der Waals surface area contributed by atoms with Crippen LogP contribution in [0.4, 0.5) is 0 Å². The van der Waals surface area contributed by atoms with Crippen LogP contribution in [0.15, 0.2) is 12.6 Å². The predicted molar refractivity (Wildman–Crippen MR) is 48.5 cm³/mol. The maximum Gasteiger partial charge on any atom is 0.0448 e. The number of hydrogen-bond donors (Lipinski definition) is 0. The van der Waals surface area contributed by atoms with E-state index in [1.807, 2.05) is 19.9 Å². The molecule has 0 saturated carbocycles. The van der Waals surface area contributed by atoms with Gasteiger partial charge in [-0.3, -0.25) is 4.98 Å². The van der Waals surface area contributed by atoms with E-state index in [-0.39, 0.29) is 0 Å². The van der Waals surface area contributed by atoms with Crippen molar-refractivity contribution < 1.29 is 0 Å². The van der Waals surface area contributed by atoms with Crippen LogP contribution in [0, 0.1) is 20.8 Å². The van der Waals surface area contributed by atoms with Gasteiger partial charge in [0.1, 0.15) is 0 Å². The summed E-state index contributed by atoms with van der Waals surface area (Å²) < 4.78 is 0. The van der Waals surface area contributed by atoms with Gasteiger partial charge in [0.2, 0.25) is 0 Å². The van der Waals surface area contributed by atoms with Crippen molar-refractivity contribution in [3.05, 3.63) is 35.2 Å². The smallest absolute Gasteiger partial charge is 0.0448 e. The Balaban J connectivity index is 3.31. The van der Waals surface area contributed by atoms with Crippen LogP contribution >= 0.6 is 0 Å². The third-order valence-electron chi connectivity index (χ3n) is 1.92. The Kier molecular flexibility index (Phi) is 2.08. The van der Waals surface area contributed by atoms with Crippen LogP contribution in [-0.2, 0) is 0 Å². The highest BCUT2D eigenvalue weighted by Gasteiger charge is 1.98. The minimum absolute atomic E-state index is 1.06. The molecule has 0 bridgehead atoms. The number of hydrogen-bond acceptors (Lipinski definition) is 1. The summed E-state index contributed by atoms with van der Waals surface area (Å²) in [5, 5.41) is 0. The van der Waals surface area contributed by atoms with E-state index >= 15 is 0 Å². The van der Waals surface area contributed by atoms with E-state index < -0.39 is 0 Å². The van der Waals surface area contributed by atoms with Crippen LogP contribution < -0.4 is 0 Å². The third-order valence-corrected chi connectivity index (χ3v) is 1.92. The molecule has 0 saturated heterocycles. The first-order chi connectivity index (χ1) is 5.15. The summed E-state index contributed by atoms with van der Waals surface area (Å²) in [7, 11) is 0. The van der Waals surface area contributed by atoms with Gasteiger partial charge in [-0.05, 0) is 38.0 Å². The average Bonchev–Trinajstić information content (AvgIpc) is 1.97. The summed E-state index contributed by atoms with van der Waals surface area (Å²) in [6, 6.07) is 2.12. The highest BCUT2D eigenvalue weighted by Crippen LogP contribution is 2.11. The molecule has 0 unspecified atom stereocenters. The van der Waals surface area contributed by atoms with Gasteiger partial charge in [0.15, 0.2) is 0 Å². The van der Waals surface area contributed by atoms with E-state index in [0.717, 1.165) is 17.0 Å². The molecule has 1 heterocycles.